The number of hydrogen-bond donors (Lipinski definition) is 2. The molecular weight excluding hydrogens is 558 g/mol. The van der Waals surface area contributed by atoms with Crippen LogP contribution >= 0.6 is 0 Å². The first-order valence-electron chi connectivity index (χ1n) is 14.8. The SMILES string of the molecule is CN=CC(C)N(C(=O)c1ccc2c(c1)N(CCNC(=O)OC)C(O)CCOCCO2)[C@@H]1CCCN(C(=O)OC(C)(C)C)C1. The van der Waals surface area contributed by atoms with Crippen LogP contribution in [0.3, 0.4) is 0 Å². The summed E-state index contributed by atoms with van der Waals surface area (Å²) in [5, 5.41) is 13.7. The molecule has 1 aromatic carbocycles. The van der Waals surface area contributed by atoms with Crippen LogP contribution < -0.4 is 15.0 Å². The predicted molar refractivity (Wildman–Crippen MR) is 162 cm³/mol. The van der Waals surface area contributed by atoms with Crippen molar-refractivity contribution in [3.8, 4) is 5.75 Å². The Kier molecular flexibility index (Phi) is 12.4. The number of rotatable bonds is 7. The number of fused-ring (bicyclic) bond motifs is 1. The number of likely N-dealkylation sites (tertiary alicyclic amines) is 1. The molecule has 43 heavy (non-hydrogen) atoms. The average molecular weight is 606 g/mol. The molecule has 2 heterocycles. The minimum atomic E-state index is -0.965. The second kappa shape index (κ2) is 15.8. The number of anilines is 1. The summed E-state index contributed by atoms with van der Waals surface area (Å²) < 4.78 is 21.8. The number of ether oxygens (including phenoxy) is 4. The quantitative estimate of drug-likeness (QED) is 0.449. The summed E-state index contributed by atoms with van der Waals surface area (Å²) in [6, 6.07) is 4.49. The summed E-state index contributed by atoms with van der Waals surface area (Å²) >= 11 is 0. The fourth-order valence-corrected chi connectivity index (χ4v) is 5.23. The van der Waals surface area contributed by atoms with E-state index >= 15 is 0 Å². The first-order chi connectivity index (χ1) is 20.4. The molecule has 2 unspecified atom stereocenters. The summed E-state index contributed by atoms with van der Waals surface area (Å²) in [5.74, 6) is 0.233. The van der Waals surface area contributed by atoms with Crippen molar-refractivity contribution in [3.05, 3.63) is 23.8 Å². The number of amides is 3. The van der Waals surface area contributed by atoms with Crippen molar-refractivity contribution in [2.45, 2.75) is 70.9 Å². The number of aliphatic hydroxyl groups is 1. The van der Waals surface area contributed by atoms with Crippen LogP contribution in [0.4, 0.5) is 15.3 Å². The lowest BCUT2D eigenvalue weighted by Gasteiger charge is -2.41. The maximum atomic E-state index is 14.3. The molecule has 1 fully saturated rings. The van der Waals surface area contributed by atoms with Crippen LogP contribution in [0.25, 0.3) is 0 Å². The fourth-order valence-electron chi connectivity index (χ4n) is 5.23. The van der Waals surface area contributed by atoms with Crippen LogP contribution in [0, 0.1) is 0 Å². The van der Waals surface area contributed by atoms with Gasteiger partial charge in [-0.2, -0.15) is 0 Å². The largest absolute Gasteiger partial charge is 0.489 e. The van der Waals surface area contributed by atoms with Gasteiger partial charge < -0.3 is 44.1 Å². The van der Waals surface area contributed by atoms with Crippen molar-refractivity contribution in [2.24, 2.45) is 4.99 Å². The van der Waals surface area contributed by atoms with Crippen molar-refractivity contribution in [3.63, 3.8) is 0 Å². The number of piperidine rings is 1. The maximum Gasteiger partial charge on any atom is 0.410 e. The number of nitrogens with one attached hydrogen (secondary N) is 1. The van der Waals surface area contributed by atoms with E-state index in [1.165, 1.54) is 7.11 Å². The highest BCUT2D eigenvalue weighted by atomic mass is 16.6. The molecule has 0 spiro atoms. The molecule has 0 saturated carbocycles. The van der Waals surface area contributed by atoms with Gasteiger partial charge in [0.05, 0.1) is 38.1 Å². The number of aliphatic hydroxyl groups excluding tert-OH is 1. The van der Waals surface area contributed by atoms with E-state index in [1.54, 1.807) is 46.2 Å². The highest BCUT2D eigenvalue weighted by Gasteiger charge is 2.35. The third kappa shape index (κ3) is 9.72. The summed E-state index contributed by atoms with van der Waals surface area (Å²) in [6.07, 6.45) is 1.50. The van der Waals surface area contributed by atoms with Gasteiger partial charge in [-0.05, 0) is 58.7 Å². The van der Waals surface area contributed by atoms with Crippen LogP contribution in [0.2, 0.25) is 0 Å². The maximum absolute atomic E-state index is 14.3. The van der Waals surface area contributed by atoms with Gasteiger partial charge in [0, 0.05) is 51.4 Å². The van der Waals surface area contributed by atoms with Crippen molar-refractivity contribution in [1.29, 1.82) is 0 Å². The monoisotopic (exact) mass is 605 g/mol. The van der Waals surface area contributed by atoms with Gasteiger partial charge in [0.25, 0.3) is 5.91 Å². The Morgan fingerprint density at radius 2 is 2.00 bits per heavy atom. The number of methoxy groups -OCH3 is 1. The van der Waals surface area contributed by atoms with Crippen LogP contribution in [0.1, 0.15) is 57.3 Å². The third-order valence-corrected chi connectivity index (χ3v) is 7.17. The average Bonchev–Trinajstić information content (AvgIpc) is 2.96. The summed E-state index contributed by atoms with van der Waals surface area (Å²) in [6.45, 7) is 9.64. The van der Waals surface area contributed by atoms with Gasteiger partial charge in [-0.3, -0.25) is 9.79 Å². The van der Waals surface area contributed by atoms with E-state index < -0.39 is 24.0 Å². The zero-order chi connectivity index (χ0) is 31.6. The van der Waals surface area contributed by atoms with E-state index in [2.05, 4.69) is 15.0 Å². The molecule has 0 radical (unpaired) electrons. The Morgan fingerprint density at radius 1 is 1.23 bits per heavy atom. The first kappa shape index (κ1) is 33.9. The van der Waals surface area contributed by atoms with Gasteiger partial charge in [-0.25, -0.2) is 9.59 Å². The van der Waals surface area contributed by atoms with Gasteiger partial charge in [-0.15, -0.1) is 0 Å². The van der Waals surface area contributed by atoms with Gasteiger partial charge in [0.15, 0.2) is 0 Å². The van der Waals surface area contributed by atoms with E-state index in [0.29, 0.717) is 62.8 Å². The Morgan fingerprint density at radius 3 is 2.70 bits per heavy atom. The van der Waals surface area contributed by atoms with Crippen molar-refractivity contribution < 1.29 is 38.4 Å². The summed E-state index contributed by atoms with van der Waals surface area (Å²) in [7, 11) is 2.94. The molecule has 0 aliphatic carbocycles. The molecule has 2 aliphatic heterocycles. The molecular formula is C30H47N5O8. The lowest BCUT2D eigenvalue weighted by Crippen LogP contribution is -2.55. The third-order valence-electron chi connectivity index (χ3n) is 7.17. The second-order valence-corrected chi connectivity index (χ2v) is 11.6. The lowest BCUT2D eigenvalue weighted by molar-refractivity contribution is 0.00929. The predicted octanol–water partition coefficient (Wildman–Crippen LogP) is 2.90. The lowest BCUT2D eigenvalue weighted by atomic mass is 10.0. The Bertz CT molecular complexity index is 1120. The molecule has 240 valence electrons. The van der Waals surface area contributed by atoms with Crippen LogP contribution in [0.15, 0.2) is 23.2 Å². The molecule has 3 atom stereocenters. The first-order valence-corrected chi connectivity index (χ1v) is 14.8. The summed E-state index contributed by atoms with van der Waals surface area (Å²) in [5.41, 5.74) is 0.277. The number of aliphatic imine (C=N–C) groups is 1. The van der Waals surface area contributed by atoms with Crippen molar-refractivity contribution >= 4 is 30.0 Å². The number of alkyl carbamates (subject to hydrolysis) is 1. The molecule has 3 rings (SSSR count). The van der Waals surface area contributed by atoms with Crippen LogP contribution in [-0.4, -0.2) is 123 Å². The van der Waals surface area contributed by atoms with E-state index in [0.717, 1.165) is 6.42 Å². The zero-order valence-corrected chi connectivity index (χ0v) is 26.2. The number of carbonyl (C=O) groups is 3. The van der Waals surface area contributed by atoms with E-state index in [4.69, 9.17) is 14.2 Å². The normalized spacial score (nSPS) is 20.4. The van der Waals surface area contributed by atoms with Crippen LogP contribution in [0.5, 0.6) is 5.75 Å². The van der Waals surface area contributed by atoms with E-state index in [-0.39, 0.29) is 31.1 Å². The van der Waals surface area contributed by atoms with Crippen LogP contribution in [-0.2, 0) is 14.2 Å². The van der Waals surface area contributed by atoms with Gasteiger partial charge in [0.1, 0.15) is 24.2 Å². The molecule has 2 N–H and O–H groups in total. The Labute approximate surface area is 254 Å². The van der Waals surface area contributed by atoms with Crippen molar-refractivity contribution in [2.75, 3.05) is 65.1 Å². The molecule has 0 aromatic heterocycles. The number of carbonyl (C=O) groups excluding carboxylic acids is 3. The van der Waals surface area contributed by atoms with Gasteiger partial charge >= 0.3 is 12.2 Å². The second-order valence-electron chi connectivity index (χ2n) is 11.6. The Balaban J connectivity index is 1.95. The smallest absolute Gasteiger partial charge is 0.410 e. The minimum absolute atomic E-state index is 0.181. The highest BCUT2D eigenvalue weighted by Crippen LogP contribution is 2.33. The van der Waals surface area contributed by atoms with Gasteiger partial charge in [0.2, 0.25) is 0 Å². The van der Waals surface area contributed by atoms with E-state index in [9.17, 15) is 19.5 Å². The highest BCUT2D eigenvalue weighted by molar-refractivity contribution is 5.97. The molecule has 13 nitrogen and oxygen atoms in total. The molecule has 1 aromatic rings. The number of benzene rings is 1. The summed E-state index contributed by atoms with van der Waals surface area (Å²) in [4.78, 5) is 48.1. The van der Waals surface area contributed by atoms with E-state index in [1.807, 2.05) is 27.7 Å². The topological polar surface area (TPSA) is 142 Å². The molecule has 1 saturated heterocycles. The fraction of sp³-hybridized carbons (Fsp3) is 0.667. The molecule has 13 heteroatoms. The van der Waals surface area contributed by atoms with Crippen molar-refractivity contribution in [1.82, 2.24) is 15.1 Å². The molecule has 2 aliphatic rings. The molecule has 0 bridgehead atoms. The number of hydrogen-bond acceptors (Lipinski definition) is 10. The number of nitrogens with zero attached hydrogens (tertiary/aromatic N) is 4. The minimum Gasteiger partial charge on any atom is -0.489 e. The zero-order valence-electron chi connectivity index (χ0n) is 26.2. The van der Waals surface area contributed by atoms with Gasteiger partial charge in [-0.1, -0.05) is 0 Å². The molecule has 3 amide bonds. The standard InChI is InChI=1S/C30H47N5O8/c1-21(19-31-5)35(23-8-7-13-33(20-23)29(39)43-30(2,3)4)27(37)22-9-10-25-24(18-22)34(14-12-32-28(38)40-6)26(36)11-15-41-16-17-42-25/h9-10,18-19,21,23,26,36H,7-8,11-17,20H2,1-6H3,(H,32,38)/t21?,23-,26?/m1/s1. The Hall–Kier alpha value is -3.58.